The molecule has 2 aliphatic heterocycles. The maximum Gasteiger partial charge on any atom is 0.282 e. The predicted molar refractivity (Wildman–Crippen MR) is 122 cm³/mol. The average molecular weight is 479 g/mol. The SMILES string of the molecule is N#C[C@@]1(C2CC2)CCN(c2ccnc(Nc3ccc(C4(C(=O)N5CC(F)(F)C5)CC4)cn3)c2)C1=O. The Hall–Kier alpha value is -3.61. The molecule has 0 unspecified atom stereocenters. The third-order valence-corrected chi connectivity index (χ3v) is 7.75. The molecule has 2 aliphatic carbocycles. The Labute approximate surface area is 200 Å². The van der Waals surface area contributed by atoms with Gasteiger partial charge in [-0.3, -0.25) is 9.59 Å². The molecule has 2 aromatic heterocycles. The second-order valence-corrected chi connectivity index (χ2v) is 10.1. The largest absolute Gasteiger partial charge is 0.330 e. The van der Waals surface area contributed by atoms with E-state index in [1.165, 1.54) is 4.90 Å². The minimum Gasteiger partial charge on any atom is -0.330 e. The zero-order chi connectivity index (χ0) is 24.4. The van der Waals surface area contributed by atoms with Gasteiger partial charge in [0.15, 0.2) is 0 Å². The number of nitrogens with zero attached hydrogens (tertiary/aromatic N) is 5. The van der Waals surface area contributed by atoms with Gasteiger partial charge in [0, 0.05) is 30.7 Å². The number of hydrogen-bond acceptors (Lipinski definition) is 6. The van der Waals surface area contributed by atoms with Crippen LogP contribution in [0.2, 0.25) is 0 Å². The van der Waals surface area contributed by atoms with Gasteiger partial charge in [0.25, 0.3) is 5.92 Å². The minimum absolute atomic E-state index is 0.138. The van der Waals surface area contributed by atoms with Crippen molar-refractivity contribution in [2.45, 2.75) is 43.4 Å². The van der Waals surface area contributed by atoms with Gasteiger partial charge in [-0.1, -0.05) is 6.07 Å². The van der Waals surface area contributed by atoms with E-state index in [1.807, 2.05) is 0 Å². The van der Waals surface area contributed by atoms with Crippen molar-refractivity contribution in [3.8, 4) is 6.07 Å². The normalized spacial score (nSPS) is 26.1. The zero-order valence-electron chi connectivity index (χ0n) is 19.0. The van der Waals surface area contributed by atoms with Gasteiger partial charge < -0.3 is 15.1 Å². The monoisotopic (exact) mass is 478 g/mol. The van der Waals surface area contributed by atoms with Crippen molar-refractivity contribution in [1.29, 1.82) is 5.26 Å². The number of nitriles is 1. The number of carbonyl (C=O) groups is 2. The number of rotatable bonds is 6. The quantitative estimate of drug-likeness (QED) is 0.683. The summed E-state index contributed by atoms with van der Waals surface area (Å²) < 4.78 is 26.4. The molecule has 1 atom stereocenters. The van der Waals surface area contributed by atoms with E-state index in [9.17, 15) is 23.6 Å². The highest BCUT2D eigenvalue weighted by molar-refractivity contribution is 6.02. The summed E-state index contributed by atoms with van der Waals surface area (Å²) in [6, 6.07) is 9.33. The van der Waals surface area contributed by atoms with E-state index in [0.717, 1.165) is 18.4 Å². The van der Waals surface area contributed by atoms with Crippen LogP contribution in [0.25, 0.3) is 0 Å². The van der Waals surface area contributed by atoms with E-state index in [1.54, 1.807) is 41.6 Å². The number of amides is 2. The molecule has 4 fully saturated rings. The van der Waals surface area contributed by atoms with Crippen LogP contribution in [0, 0.1) is 22.7 Å². The van der Waals surface area contributed by atoms with Gasteiger partial charge >= 0.3 is 0 Å². The Kier molecular flexibility index (Phi) is 4.66. The second kappa shape index (κ2) is 7.44. The maximum absolute atomic E-state index is 13.2. The van der Waals surface area contributed by atoms with Crippen molar-refractivity contribution in [3.05, 3.63) is 42.2 Å². The number of hydrogen-bond donors (Lipinski definition) is 1. The summed E-state index contributed by atoms with van der Waals surface area (Å²) in [6.45, 7) is -0.533. The summed E-state index contributed by atoms with van der Waals surface area (Å²) in [6.07, 6.45) is 6.85. The minimum atomic E-state index is -2.78. The number of halogens is 2. The van der Waals surface area contributed by atoms with Gasteiger partial charge in [-0.15, -0.1) is 0 Å². The van der Waals surface area contributed by atoms with E-state index in [0.29, 0.717) is 43.1 Å². The summed E-state index contributed by atoms with van der Waals surface area (Å²) in [5.41, 5.74) is -0.252. The van der Waals surface area contributed by atoms with E-state index in [2.05, 4.69) is 21.4 Å². The number of alkyl halides is 2. The molecule has 2 aromatic rings. The summed E-state index contributed by atoms with van der Waals surface area (Å²) in [7, 11) is 0. The van der Waals surface area contributed by atoms with Gasteiger partial charge in [-0.05, 0) is 55.7 Å². The third kappa shape index (κ3) is 3.52. The number of anilines is 3. The Morgan fingerprint density at radius 1 is 1.11 bits per heavy atom. The summed E-state index contributed by atoms with van der Waals surface area (Å²) in [5, 5.41) is 12.8. The van der Waals surface area contributed by atoms with Crippen LogP contribution in [0.15, 0.2) is 36.7 Å². The van der Waals surface area contributed by atoms with Crippen LogP contribution in [0.5, 0.6) is 0 Å². The van der Waals surface area contributed by atoms with Crippen molar-refractivity contribution in [3.63, 3.8) is 0 Å². The van der Waals surface area contributed by atoms with Crippen LogP contribution >= 0.6 is 0 Å². The molecule has 0 aromatic carbocycles. The molecule has 4 aliphatic rings. The molecular weight excluding hydrogens is 454 g/mol. The fourth-order valence-electron chi connectivity index (χ4n) is 5.38. The van der Waals surface area contributed by atoms with Crippen LogP contribution in [0.4, 0.5) is 26.1 Å². The Morgan fingerprint density at radius 3 is 2.49 bits per heavy atom. The molecule has 1 N–H and O–H groups in total. The molecule has 8 nitrogen and oxygen atoms in total. The molecule has 35 heavy (non-hydrogen) atoms. The number of aromatic nitrogens is 2. The Balaban J connectivity index is 1.15. The average Bonchev–Trinajstić information content (AvgIpc) is 3.76. The highest BCUT2D eigenvalue weighted by Crippen LogP contribution is 2.52. The molecule has 4 heterocycles. The lowest BCUT2D eigenvalue weighted by Gasteiger charge is -2.40. The van der Waals surface area contributed by atoms with Crippen molar-refractivity contribution in [1.82, 2.24) is 14.9 Å². The molecule has 0 radical (unpaired) electrons. The molecule has 0 bridgehead atoms. The summed E-state index contributed by atoms with van der Waals surface area (Å²) in [5.74, 6) is -2.01. The van der Waals surface area contributed by atoms with Crippen molar-refractivity contribution in [2.75, 3.05) is 29.9 Å². The molecule has 2 saturated carbocycles. The smallest absolute Gasteiger partial charge is 0.282 e. The fraction of sp³-hybridized carbons (Fsp3) is 0.480. The molecule has 0 spiro atoms. The first-order chi connectivity index (χ1) is 16.8. The van der Waals surface area contributed by atoms with Crippen LogP contribution < -0.4 is 10.2 Å². The fourth-order valence-corrected chi connectivity index (χ4v) is 5.38. The number of nitrogens with one attached hydrogen (secondary N) is 1. The molecular formula is C25H24F2N6O2. The lowest BCUT2D eigenvalue weighted by molar-refractivity contribution is -0.168. The highest BCUT2D eigenvalue weighted by atomic mass is 19.3. The van der Waals surface area contributed by atoms with E-state index in [-0.39, 0.29) is 17.7 Å². The van der Waals surface area contributed by atoms with Crippen LogP contribution in [0.1, 0.15) is 37.7 Å². The molecule has 10 heteroatoms. The highest BCUT2D eigenvalue weighted by Gasteiger charge is 2.58. The van der Waals surface area contributed by atoms with Crippen LogP contribution in [-0.4, -0.2) is 52.2 Å². The van der Waals surface area contributed by atoms with Crippen LogP contribution in [-0.2, 0) is 15.0 Å². The van der Waals surface area contributed by atoms with E-state index >= 15 is 0 Å². The van der Waals surface area contributed by atoms with Gasteiger partial charge in [0.1, 0.15) is 17.1 Å². The lowest BCUT2D eigenvalue weighted by Crippen LogP contribution is -2.60. The summed E-state index contributed by atoms with van der Waals surface area (Å²) in [4.78, 5) is 37.5. The molecule has 2 amide bonds. The third-order valence-electron chi connectivity index (χ3n) is 7.75. The molecule has 6 rings (SSSR count). The van der Waals surface area contributed by atoms with E-state index in [4.69, 9.17) is 0 Å². The van der Waals surface area contributed by atoms with Gasteiger partial charge in [0.05, 0.1) is 24.6 Å². The first-order valence-electron chi connectivity index (χ1n) is 11.9. The standard InChI is InChI=1S/C25H24F2N6O2/c26-25(27)14-32(15-25)21(34)23(6-7-23)17-3-4-19(30-12-17)31-20-11-18(5-9-29-20)33-10-8-24(13-28,22(33)35)16-1-2-16/h3-5,9,11-12,16H,1-2,6-8,10,14-15H2,(H,29,30,31)/t24-/m1/s1. The maximum atomic E-state index is 13.2. The number of carbonyl (C=O) groups excluding carboxylic acids is 2. The zero-order valence-corrected chi connectivity index (χ0v) is 19.0. The van der Waals surface area contributed by atoms with Crippen molar-refractivity contribution >= 4 is 29.1 Å². The van der Waals surface area contributed by atoms with Crippen LogP contribution in [0.3, 0.4) is 0 Å². The van der Waals surface area contributed by atoms with E-state index < -0.39 is 29.8 Å². The lowest BCUT2D eigenvalue weighted by atomic mass is 9.83. The predicted octanol–water partition coefficient (Wildman–Crippen LogP) is 3.39. The topological polar surface area (TPSA) is 102 Å². The molecule has 2 saturated heterocycles. The van der Waals surface area contributed by atoms with Gasteiger partial charge in [0.2, 0.25) is 11.8 Å². The van der Waals surface area contributed by atoms with Gasteiger partial charge in [-0.2, -0.15) is 5.26 Å². The number of pyridine rings is 2. The van der Waals surface area contributed by atoms with Gasteiger partial charge in [-0.25, -0.2) is 18.7 Å². The second-order valence-electron chi connectivity index (χ2n) is 10.1. The first-order valence-corrected chi connectivity index (χ1v) is 11.9. The Bertz CT molecular complexity index is 1240. The van der Waals surface area contributed by atoms with Crippen molar-refractivity contribution in [2.24, 2.45) is 11.3 Å². The van der Waals surface area contributed by atoms with Crippen molar-refractivity contribution < 1.29 is 18.4 Å². The molecule has 180 valence electrons. The summed E-state index contributed by atoms with van der Waals surface area (Å²) >= 11 is 0. The number of likely N-dealkylation sites (tertiary alicyclic amines) is 1. The first kappa shape index (κ1) is 21.9. The Morgan fingerprint density at radius 2 is 1.89 bits per heavy atom.